The summed E-state index contributed by atoms with van der Waals surface area (Å²) in [4.78, 5) is 107. The molecule has 2 bridgehead atoms. The number of carbonyl (C=O) groups is 7. The van der Waals surface area contributed by atoms with Crippen LogP contribution < -0.4 is 31.9 Å². The minimum atomic E-state index is -1.26. The molecule has 4 heterocycles. The van der Waals surface area contributed by atoms with Crippen LogP contribution in [-0.2, 0) is 46.3 Å². The number of likely N-dealkylation sites (N-methyl/N-ethyl adjacent to an activating group) is 1. The highest BCUT2D eigenvalue weighted by molar-refractivity contribution is 9.10. The lowest BCUT2D eigenvalue weighted by Crippen LogP contribution is -2.56. The number of ether oxygens (including phenoxy) is 1. The third-order valence-electron chi connectivity index (χ3n) is 9.93. The van der Waals surface area contributed by atoms with Crippen LogP contribution in [-0.4, -0.2) is 113 Å². The van der Waals surface area contributed by atoms with Crippen molar-refractivity contribution in [3.63, 3.8) is 0 Å². The van der Waals surface area contributed by atoms with E-state index in [0.717, 1.165) is 42.5 Å². The van der Waals surface area contributed by atoms with Crippen LogP contribution in [0, 0.1) is 0 Å². The van der Waals surface area contributed by atoms with Gasteiger partial charge in [0.2, 0.25) is 29.5 Å². The molecule has 2 aromatic carbocycles. The van der Waals surface area contributed by atoms with Crippen molar-refractivity contribution in [3.05, 3.63) is 98.3 Å². The molecule has 0 fully saturated rings. The van der Waals surface area contributed by atoms with E-state index < -0.39 is 78.6 Å². The fourth-order valence-corrected chi connectivity index (χ4v) is 8.25. The van der Waals surface area contributed by atoms with E-state index in [9.17, 15) is 33.6 Å². The molecule has 20 heteroatoms. The molecule has 0 saturated heterocycles. The molecule has 0 aliphatic carbocycles. The summed E-state index contributed by atoms with van der Waals surface area (Å²) in [5.41, 5.74) is 2.80. The number of hydrogen-bond acceptors (Lipinski definition) is 10. The quantitative estimate of drug-likeness (QED) is 0.116. The third-order valence-corrected chi connectivity index (χ3v) is 11.6. The van der Waals surface area contributed by atoms with Gasteiger partial charge in [0, 0.05) is 71.1 Å². The van der Waals surface area contributed by atoms with Crippen molar-refractivity contribution in [3.8, 4) is 0 Å². The van der Waals surface area contributed by atoms with Gasteiger partial charge in [-0.2, -0.15) is 0 Å². The van der Waals surface area contributed by atoms with Crippen LogP contribution in [0.3, 0.4) is 0 Å². The largest absolute Gasteiger partial charge is 0.382 e. The van der Waals surface area contributed by atoms with E-state index >= 15 is 0 Å². The van der Waals surface area contributed by atoms with E-state index in [1.807, 2.05) is 42.5 Å². The number of para-hydroxylation sites is 1. The number of aromatic amines is 2. The smallest absolute Gasteiger partial charge is 0.271 e. The van der Waals surface area contributed by atoms with Gasteiger partial charge in [0.05, 0.1) is 19.7 Å². The maximum atomic E-state index is 14.5. The molecule has 6 rings (SSSR count). The molecule has 0 spiro atoms. The summed E-state index contributed by atoms with van der Waals surface area (Å²) in [6.07, 6.45) is 4.81. The zero-order valence-electron chi connectivity index (χ0n) is 33.6. The fourth-order valence-electron chi connectivity index (χ4n) is 6.80. The summed E-state index contributed by atoms with van der Waals surface area (Å²) >= 11 is 4.66. The molecule has 7 amide bonds. The van der Waals surface area contributed by atoms with E-state index in [0.29, 0.717) is 16.1 Å². The second kappa shape index (κ2) is 19.8. The molecule has 0 saturated carbocycles. The summed E-state index contributed by atoms with van der Waals surface area (Å²) in [6, 6.07) is 8.55. The van der Waals surface area contributed by atoms with Crippen LogP contribution in [0.4, 0.5) is 0 Å². The maximum Gasteiger partial charge on any atom is 0.271 e. The number of aromatic nitrogens is 3. The average Bonchev–Trinajstić information content (AvgIpc) is 4.00. The van der Waals surface area contributed by atoms with Gasteiger partial charge in [-0.25, -0.2) is 4.98 Å². The Balaban J connectivity index is 1.35. The normalized spacial score (nSPS) is 21.4. The molecule has 3 aromatic heterocycles. The zero-order chi connectivity index (χ0) is 43.8. The van der Waals surface area contributed by atoms with Gasteiger partial charge in [0.25, 0.3) is 11.8 Å². The number of methoxy groups -OCH3 is 1. The Labute approximate surface area is 362 Å². The highest BCUT2D eigenvalue weighted by atomic mass is 79.9. The SMILES string of the molecule is C/C=C1\NC(=O)[C@@H](C)NC(=O)CNC(=O)[C@H](Cc2c[nH]c3cccc(Br)c23)NC(=O)[C@H](Cc2c[nH]c3ccccc23)NC(=O)c2csc(n2)[C@@H](COC)NC(=O)CN(C)C1=O. The molecule has 1 aliphatic heterocycles. The monoisotopic (exact) mass is 916 g/mol. The van der Waals surface area contributed by atoms with Gasteiger partial charge in [-0.15, -0.1) is 11.3 Å². The molecule has 320 valence electrons. The lowest BCUT2D eigenvalue weighted by Gasteiger charge is -2.24. The number of H-pyrrole nitrogens is 2. The van der Waals surface area contributed by atoms with Crippen LogP contribution >= 0.6 is 27.3 Å². The van der Waals surface area contributed by atoms with Crippen molar-refractivity contribution in [2.45, 2.75) is 50.9 Å². The number of nitrogens with one attached hydrogen (secondary N) is 8. The lowest BCUT2D eigenvalue weighted by atomic mass is 10.0. The summed E-state index contributed by atoms with van der Waals surface area (Å²) in [5.74, 6) is -4.83. The topological polar surface area (TPSA) is 249 Å². The first-order valence-electron chi connectivity index (χ1n) is 19.2. The Bertz CT molecular complexity index is 2510. The number of rotatable bonds is 6. The Morgan fingerprint density at radius 1 is 0.836 bits per heavy atom. The molecular formula is C41H45BrN10O8S. The Morgan fingerprint density at radius 2 is 1.54 bits per heavy atom. The first-order chi connectivity index (χ1) is 29.3. The van der Waals surface area contributed by atoms with E-state index in [4.69, 9.17) is 4.74 Å². The van der Waals surface area contributed by atoms with Gasteiger partial charge in [-0.1, -0.05) is 46.3 Å². The van der Waals surface area contributed by atoms with Crippen LogP contribution in [0.25, 0.3) is 21.8 Å². The highest BCUT2D eigenvalue weighted by Gasteiger charge is 2.31. The molecule has 8 N–H and O–H groups in total. The zero-order valence-corrected chi connectivity index (χ0v) is 36.0. The number of thiazole rings is 1. The van der Waals surface area contributed by atoms with Crippen LogP contribution in [0.1, 0.15) is 46.5 Å². The van der Waals surface area contributed by atoms with Gasteiger partial charge in [-0.05, 0) is 43.2 Å². The number of hydrogen-bond donors (Lipinski definition) is 8. The number of carbonyl (C=O) groups excluding carboxylic acids is 7. The average molecular weight is 918 g/mol. The first-order valence-corrected chi connectivity index (χ1v) is 20.9. The number of halogens is 1. The van der Waals surface area contributed by atoms with E-state index in [1.165, 1.54) is 39.5 Å². The number of benzene rings is 2. The van der Waals surface area contributed by atoms with Crippen molar-refractivity contribution in [2.24, 2.45) is 0 Å². The summed E-state index contributed by atoms with van der Waals surface area (Å²) in [7, 11) is 2.80. The van der Waals surface area contributed by atoms with Crippen molar-refractivity contribution >= 4 is 90.4 Å². The number of nitrogens with zero attached hydrogens (tertiary/aromatic N) is 2. The van der Waals surface area contributed by atoms with Crippen LogP contribution in [0.2, 0.25) is 0 Å². The molecule has 5 aromatic rings. The number of allylic oxidation sites excluding steroid dienone is 1. The van der Waals surface area contributed by atoms with Crippen LogP contribution in [0.15, 0.2) is 76.5 Å². The van der Waals surface area contributed by atoms with Gasteiger partial charge in [-0.3, -0.25) is 33.6 Å². The standard InChI is InChI=1S/C41H45BrN10O8S/c1-5-26-41(59)52(3)18-34(54)47-31(19-60-4)40-51-32(20-61-40)39(58)50-30(13-22-15-43-27-11-7-6-9-24(22)27)38(57)49-29(14-23-16-44-28-12-8-10-25(42)35(23)28)37(56)45-17-33(53)46-21(2)36(55)48-26/h5-12,15-16,20-21,29-31,43-44H,13-14,17-19H2,1-4H3,(H,45,56)(H,46,53)(H,47,54)(H,48,55)(H,49,57)(H,50,58)/b26-5-/t21-,29+,30+,31-/m1/s1. The minimum Gasteiger partial charge on any atom is -0.382 e. The van der Waals surface area contributed by atoms with Gasteiger partial charge in [0.1, 0.15) is 40.6 Å². The first kappa shape index (κ1) is 44.2. The van der Waals surface area contributed by atoms with Crippen molar-refractivity contribution in [1.29, 1.82) is 0 Å². The molecule has 61 heavy (non-hydrogen) atoms. The minimum absolute atomic E-state index is 0.0114. The predicted octanol–water partition coefficient (Wildman–Crippen LogP) is 1.85. The van der Waals surface area contributed by atoms with E-state index in [-0.39, 0.29) is 30.8 Å². The Morgan fingerprint density at radius 3 is 2.31 bits per heavy atom. The lowest BCUT2D eigenvalue weighted by molar-refractivity contribution is -0.134. The predicted molar refractivity (Wildman–Crippen MR) is 230 cm³/mol. The second-order valence-electron chi connectivity index (χ2n) is 14.3. The van der Waals surface area contributed by atoms with Crippen molar-refractivity contribution in [2.75, 3.05) is 33.9 Å². The molecular weight excluding hydrogens is 872 g/mol. The van der Waals surface area contributed by atoms with Gasteiger partial charge >= 0.3 is 0 Å². The molecule has 4 atom stereocenters. The summed E-state index contributed by atoms with van der Waals surface area (Å²) < 4.78 is 6.09. The molecule has 18 nitrogen and oxygen atoms in total. The Hall–Kier alpha value is -6.38. The maximum absolute atomic E-state index is 14.5. The number of amides is 7. The summed E-state index contributed by atoms with van der Waals surface area (Å²) in [5, 5.41) is 19.4. The van der Waals surface area contributed by atoms with Crippen molar-refractivity contribution in [1.82, 2.24) is 51.8 Å². The molecule has 0 unspecified atom stereocenters. The van der Waals surface area contributed by atoms with E-state index in [2.05, 4.69) is 62.8 Å². The second-order valence-corrected chi connectivity index (χ2v) is 16.1. The summed E-state index contributed by atoms with van der Waals surface area (Å²) in [6.45, 7) is 1.90. The highest BCUT2D eigenvalue weighted by Crippen LogP contribution is 2.28. The van der Waals surface area contributed by atoms with E-state index in [1.54, 1.807) is 12.4 Å². The van der Waals surface area contributed by atoms with Crippen molar-refractivity contribution < 1.29 is 38.3 Å². The fraction of sp³-hybridized carbons (Fsp3) is 0.317. The van der Waals surface area contributed by atoms with Gasteiger partial charge < -0.3 is 51.5 Å². The third kappa shape index (κ3) is 10.7. The molecule has 0 radical (unpaired) electrons. The van der Waals surface area contributed by atoms with Crippen LogP contribution in [0.5, 0.6) is 0 Å². The number of fused-ring (bicyclic) bond motifs is 4. The Kier molecular flexibility index (Phi) is 14.3. The van der Waals surface area contributed by atoms with Gasteiger partial charge in [0.15, 0.2) is 0 Å². The molecule has 1 aliphatic rings.